The molecular weight excluding hydrogens is 350 g/mol. The molecule has 2 aromatic carbocycles. The van der Waals surface area contributed by atoms with E-state index >= 15 is 0 Å². The topological polar surface area (TPSA) is 55.8 Å². The van der Waals surface area contributed by atoms with Crippen LogP contribution in [0.15, 0.2) is 47.4 Å². The third-order valence-electron chi connectivity index (χ3n) is 4.99. The Morgan fingerprint density at radius 2 is 1.69 bits per heavy atom. The van der Waals surface area contributed by atoms with Crippen molar-refractivity contribution in [1.29, 1.82) is 0 Å². The highest BCUT2D eigenvalue weighted by Crippen LogP contribution is 2.39. The lowest BCUT2D eigenvalue weighted by Crippen LogP contribution is -2.30. The molecule has 2 aliphatic heterocycles. The molecule has 2 aliphatic rings. The van der Waals surface area contributed by atoms with Gasteiger partial charge in [-0.15, -0.1) is 0 Å². The summed E-state index contributed by atoms with van der Waals surface area (Å²) in [4.78, 5) is 0.265. The second-order valence-corrected chi connectivity index (χ2v) is 8.73. The molecule has 138 valence electrons. The number of hydrogen-bond donors (Lipinski definition) is 0. The third-order valence-corrected chi connectivity index (χ3v) is 6.90. The molecule has 1 atom stereocenters. The summed E-state index contributed by atoms with van der Waals surface area (Å²) in [7, 11) is -3.59. The van der Waals surface area contributed by atoms with Gasteiger partial charge in [-0.05, 0) is 37.5 Å². The van der Waals surface area contributed by atoms with Crippen molar-refractivity contribution in [2.24, 2.45) is 0 Å². The standard InChI is InChI=1S/C20H23NO4S/c1-15-5-7-16(8-6-15)18-4-2-11-21(18)26(22,23)17-9-10-19-20(14-17)25-13-3-12-24-19/h5-10,14,18H,2-4,11-13H2,1H3/t18-/m1/s1. The van der Waals surface area contributed by atoms with Gasteiger partial charge in [-0.1, -0.05) is 29.8 Å². The number of sulfonamides is 1. The number of aryl methyl sites for hydroxylation is 1. The lowest BCUT2D eigenvalue weighted by atomic mass is 10.0. The zero-order valence-electron chi connectivity index (χ0n) is 14.8. The largest absolute Gasteiger partial charge is 0.490 e. The van der Waals surface area contributed by atoms with E-state index in [2.05, 4.69) is 0 Å². The Hall–Kier alpha value is -2.05. The Labute approximate surface area is 154 Å². The average Bonchev–Trinajstić information content (AvgIpc) is 3.02. The summed E-state index contributed by atoms with van der Waals surface area (Å²) in [5, 5.41) is 0. The minimum absolute atomic E-state index is 0.114. The van der Waals surface area contributed by atoms with Crippen LogP contribution >= 0.6 is 0 Å². The van der Waals surface area contributed by atoms with Crippen molar-refractivity contribution in [2.45, 2.75) is 37.1 Å². The van der Waals surface area contributed by atoms with Crippen LogP contribution < -0.4 is 9.47 Å². The van der Waals surface area contributed by atoms with Gasteiger partial charge in [-0.25, -0.2) is 8.42 Å². The molecule has 0 spiro atoms. The zero-order valence-corrected chi connectivity index (χ0v) is 15.7. The zero-order chi connectivity index (χ0) is 18.1. The first kappa shape index (κ1) is 17.4. The van der Waals surface area contributed by atoms with Crippen LogP contribution in [0, 0.1) is 6.92 Å². The van der Waals surface area contributed by atoms with Gasteiger partial charge in [0, 0.05) is 19.0 Å². The maximum atomic E-state index is 13.3. The van der Waals surface area contributed by atoms with Crippen LogP contribution in [0.3, 0.4) is 0 Å². The van der Waals surface area contributed by atoms with Crippen molar-refractivity contribution < 1.29 is 17.9 Å². The summed E-state index contributed by atoms with van der Waals surface area (Å²) in [6.45, 7) is 3.69. The van der Waals surface area contributed by atoms with E-state index in [4.69, 9.17) is 9.47 Å². The molecule has 26 heavy (non-hydrogen) atoms. The Balaban J connectivity index is 1.67. The molecular formula is C20H23NO4S. The minimum atomic E-state index is -3.59. The smallest absolute Gasteiger partial charge is 0.243 e. The lowest BCUT2D eigenvalue weighted by molar-refractivity contribution is 0.296. The van der Waals surface area contributed by atoms with Crippen LogP contribution in [0.5, 0.6) is 11.5 Å². The van der Waals surface area contributed by atoms with Gasteiger partial charge in [-0.3, -0.25) is 0 Å². The number of ether oxygens (including phenoxy) is 2. The van der Waals surface area contributed by atoms with Crippen LogP contribution in [-0.4, -0.2) is 32.5 Å². The van der Waals surface area contributed by atoms with E-state index in [1.807, 2.05) is 31.2 Å². The first-order valence-electron chi connectivity index (χ1n) is 9.04. The maximum absolute atomic E-state index is 13.3. The van der Waals surface area contributed by atoms with Crippen LogP contribution in [-0.2, 0) is 10.0 Å². The highest BCUT2D eigenvalue weighted by Gasteiger charge is 2.36. The minimum Gasteiger partial charge on any atom is -0.490 e. The summed E-state index contributed by atoms with van der Waals surface area (Å²) < 4.78 is 39.5. The van der Waals surface area contributed by atoms with E-state index < -0.39 is 10.0 Å². The van der Waals surface area contributed by atoms with E-state index in [-0.39, 0.29) is 10.9 Å². The molecule has 0 N–H and O–H groups in total. The number of rotatable bonds is 3. The second-order valence-electron chi connectivity index (χ2n) is 6.84. The molecule has 0 bridgehead atoms. The van der Waals surface area contributed by atoms with Crippen LogP contribution in [0.25, 0.3) is 0 Å². The SMILES string of the molecule is Cc1ccc([C@H]2CCCN2S(=O)(=O)c2ccc3c(c2)OCCCO3)cc1. The number of benzene rings is 2. The first-order valence-corrected chi connectivity index (χ1v) is 10.5. The maximum Gasteiger partial charge on any atom is 0.243 e. The fourth-order valence-corrected chi connectivity index (χ4v) is 5.29. The van der Waals surface area contributed by atoms with Crippen molar-refractivity contribution in [2.75, 3.05) is 19.8 Å². The lowest BCUT2D eigenvalue weighted by Gasteiger charge is -2.25. The summed E-state index contributed by atoms with van der Waals surface area (Å²) in [6, 6.07) is 12.9. The highest BCUT2D eigenvalue weighted by atomic mass is 32.2. The van der Waals surface area contributed by atoms with Crippen molar-refractivity contribution in [3.05, 3.63) is 53.6 Å². The van der Waals surface area contributed by atoms with Crippen LogP contribution in [0.4, 0.5) is 0 Å². The molecule has 5 nitrogen and oxygen atoms in total. The molecule has 4 rings (SSSR count). The highest BCUT2D eigenvalue weighted by molar-refractivity contribution is 7.89. The normalized spacial score (nSPS) is 20.7. The molecule has 0 saturated carbocycles. The Kier molecular flexibility index (Phi) is 4.63. The monoisotopic (exact) mass is 373 g/mol. The van der Waals surface area contributed by atoms with E-state index in [1.54, 1.807) is 22.5 Å². The number of nitrogens with zero attached hydrogens (tertiary/aromatic N) is 1. The van der Waals surface area contributed by atoms with Crippen molar-refractivity contribution in [3.8, 4) is 11.5 Å². The molecule has 2 heterocycles. The second kappa shape index (κ2) is 6.93. The summed E-state index contributed by atoms with van der Waals surface area (Å²) >= 11 is 0. The van der Waals surface area contributed by atoms with E-state index in [1.165, 1.54) is 5.56 Å². The molecule has 2 aromatic rings. The fourth-order valence-electron chi connectivity index (χ4n) is 3.59. The molecule has 0 unspecified atom stereocenters. The third kappa shape index (κ3) is 3.19. The fraction of sp³-hybridized carbons (Fsp3) is 0.400. The van der Waals surface area contributed by atoms with Crippen molar-refractivity contribution in [1.82, 2.24) is 4.31 Å². The average molecular weight is 373 g/mol. The predicted molar refractivity (Wildman–Crippen MR) is 99.1 cm³/mol. The Morgan fingerprint density at radius 3 is 2.46 bits per heavy atom. The van der Waals surface area contributed by atoms with Gasteiger partial charge >= 0.3 is 0 Å². The van der Waals surface area contributed by atoms with Gasteiger partial charge in [-0.2, -0.15) is 4.31 Å². The van der Waals surface area contributed by atoms with Crippen molar-refractivity contribution in [3.63, 3.8) is 0 Å². The summed E-state index contributed by atoms with van der Waals surface area (Å²) in [5.74, 6) is 1.12. The van der Waals surface area contributed by atoms with Gasteiger partial charge in [0.05, 0.1) is 24.2 Å². The van der Waals surface area contributed by atoms with Gasteiger partial charge in [0.2, 0.25) is 10.0 Å². The molecule has 0 radical (unpaired) electrons. The number of fused-ring (bicyclic) bond motifs is 1. The first-order chi connectivity index (χ1) is 12.6. The molecule has 0 amide bonds. The van der Waals surface area contributed by atoms with Crippen molar-refractivity contribution >= 4 is 10.0 Å². The quantitative estimate of drug-likeness (QED) is 0.823. The summed E-state index contributed by atoms with van der Waals surface area (Å²) in [5.41, 5.74) is 2.22. The molecule has 1 fully saturated rings. The molecule has 0 aromatic heterocycles. The Bertz CT molecular complexity index is 893. The van der Waals surface area contributed by atoms with Crippen LogP contribution in [0.2, 0.25) is 0 Å². The Morgan fingerprint density at radius 1 is 0.962 bits per heavy atom. The molecule has 6 heteroatoms. The van der Waals surface area contributed by atoms with E-state index in [9.17, 15) is 8.42 Å². The van der Waals surface area contributed by atoms with Crippen LogP contribution in [0.1, 0.15) is 36.4 Å². The van der Waals surface area contributed by atoms with E-state index in [0.717, 1.165) is 24.8 Å². The molecule has 1 saturated heterocycles. The summed E-state index contributed by atoms with van der Waals surface area (Å²) in [6.07, 6.45) is 2.49. The molecule has 0 aliphatic carbocycles. The van der Waals surface area contributed by atoms with Gasteiger partial charge in [0.25, 0.3) is 0 Å². The van der Waals surface area contributed by atoms with E-state index in [0.29, 0.717) is 31.3 Å². The number of hydrogen-bond acceptors (Lipinski definition) is 4. The predicted octanol–water partition coefficient (Wildman–Crippen LogP) is 3.68. The van der Waals surface area contributed by atoms with Gasteiger partial charge in [0.15, 0.2) is 11.5 Å². The van der Waals surface area contributed by atoms with Gasteiger partial charge in [0.1, 0.15) is 0 Å². The van der Waals surface area contributed by atoms with Gasteiger partial charge < -0.3 is 9.47 Å².